The lowest BCUT2D eigenvalue weighted by molar-refractivity contribution is 0.566. The van der Waals surface area contributed by atoms with Crippen LogP contribution in [0, 0.1) is 6.92 Å². The van der Waals surface area contributed by atoms with E-state index >= 15 is 0 Å². The van der Waals surface area contributed by atoms with Crippen LogP contribution in [0.5, 0.6) is 0 Å². The lowest BCUT2D eigenvalue weighted by Gasteiger charge is -1.96. The van der Waals surface area contributed by atoms with E-state index in [1.165, 1.54) is 29.2 Å². The van der Waals surface area contributed by atoms with E-state index in [1.807, 2.05) is 31.2 Å². The molecule has 1 rings (SSSR count). The van der Waals surface area contributed by atoms with Crippen molar-refractivity contribution < 1.29 is 4.79 Å². The first-order valence-corrected chi connectivity index (χ1v) is 4.52. The van der Waals surface area contributed by atoms with Gasteiger partial charge in [0.25, 0.3) is 0 Å². The normalized spacial score (nSPS) is 9.08. The summed E-state index contributed by atoms with van der Waals surface area (Å²) < 4.78 is 3.40. The van der Waals surface area contributed by atoms with Crippen molar-refractivity contribution in [1.29, 1.82) is 0 Å². The summed E-state index contributed by atoms with van der Waals surface area (Å²) in [4.78, 5) is 9.74. The standard InChI is InChI=1S/C9H9NOS/c1-8-2-4-9(5-3-8)6-12-10-7-11/h2-5H,6H2,1H3. The minimum atomic E-state index is 0.732. The van der Waals surface area contributed by atoms with Gasteiger partial charge in [-0.1, -0.05) is 29.8 Å². The molecule has 0 N–H and O–H groups in total. The highest BCUT2D eigenvalue weighted by Crippen LogP contribution is 2.12. The summed E-state index contributed by atoms with van der Waals surface area (Å²) in [6, 6.07) is 8.15. The zero-order chi connectivity index (χ0) is 8.81. The Morgan fingerprint density at radius 1 is 1.42 bits per heavy atom. The molecule has 0 bridgehead atoms. The van der Waals surface area contributed by atoms with Gasteiger partial charge in [-0.25, -0.2) is 4.79 Å². The van der Waals surface area contributed by atoms with Gasteiger partial charge >= 0.3 is 0 Å². The highest BCUT2D eigenvalue weighted by molar-refractivity contribution is 7.97. The summed E-state index contributed by atoms with van der Waals surface area (Å²) in [6.07, 6.45) is 1.49. The molecular formula is C9H9NOS. The minimum Gasteiger partial charge on any atom is -0.210 e. The largest absolute Gasteiger partial charge is 0.247 e. The van der Waals surface area contributed by atoms with Crippen LogP contribution in [0.25, 0.3) is 0 Å². The number of isocyanates is 1. The summed E-state index contributed by atoms with van der Waals surface area (Å²) >= 11 is 1.21. The SMILES string of the molecule is Cc1ccc(CSN=C=O)cc1. The molecule has 0 saturated carbocycles. The molecule has 0 aliphatic rings. The van der Waals surface area contributed by atoms with Crippen LogP contribution in [0.2, 0.25) is 0 Å². The zero-order valence-electron chi connectivity index (χ0n) is 6.78. The van der Waals surface area contributed by atoms with Crippen molar-refractivity contribution in [3.8, 4) is 0 Å². The summed E-state index contributed by atoms with van der Waals surface area (Å²) in [7, 11) is 0. The van der Waals surface area contributed by atoms with Gasteiger partial charge in [-0.2, -0.15) is 0 Å². The van der Waals surface area contributed by atoms with E-state index in [9.17, 15) is 4.79 Å². The van der Waals surface area contributed by atoms with Crippen LogP contribution in [0.3, 0.4) is 0 Å². The maximum atomic E-state index is 9.74. The molecule has 0 radical (unpaired) electrons. The molecule has 1 aromatic carbocycles. The predicted molar refractivity (Wildman–Crippen MR) is 50.6 cm³/mol. The number of rotatable bonds is 3. The van der Waals surface area contributed by atoms with Crippen LogP contribution in [-0.2, 0) is 10.5 Å². The number of hydrogen-bond acceptors (Lipinski definition) is 3. The molecule has 0 fully saturated rings. The van der Waals surface area contributed by atoms with Gasteiger partial charge < -0.3 is 0 Å². The molecule has 1 aromatic rings. The average molecular weight is 179 g/mol. The fourth-order valence-corrected chi connectivity index (χ4v) is 1.28. The van der Waals surface area contributed by atoms with E-state index in [2.05, 4.69) is 4.40 Å². The maximum absolute atomic E-state index is 9.74. The van der Waals surface area contributed by atoms with E-state index in [0.29, 0.717) is 0 Å². The second-order valence-corrected chi connectivity index (χ2v) is 3.17. The van der Waals surface area contributed by atoms with Crippen LogP contribution < -0.4 is 0 Å². The maximum Gasteiger partial charge on any atom is 0.247 e. The lowest BCUT2D eigenvalue weighted by atomic mass is 10.2. The fourth-order valence-electron chi connectivity index (χ4n) is 0.817. The first kappa shape index (κ1) is 9.04. The molecule has 0 saturated heterocycles. The van der Waals surface area contributed by atoms with Crippen LogP contribution >= 0.6 is 11.9 Å². The van der Waals surface area contributed by atoms with Gasteiger partial charge in [0.2, 0.25) is 6.08 Å². The third-order valence-corrected chi connectivity index (χ3v) is 2.12. The molecule has 0 aromatic heterocycles. The highest BCUT2D eigenvalue weighted by atomic mass is 32.2. The Morgan fingerprint density at radius 3 is 2.67 bits per heavy atom. The molecule has 0 aliphatic carbocycles. The lowest BCUT2D eigenvalue weighted by Crippen LogP contribution is -1.78. The van der Waals surface area contributed by atoms with Crippen molar-refractivity contribution in [2.45, 2.75) is 12.7 Å². The van der Waals surface area contributed by atoms with Crippen molar-refractivity contribution in [2.75, 3.05) is 0 Å². The van der Waals surface area contributed by atoms with Crippen molar-refractivity contribution in [1.82, 2.24) is 0 Å². The second kappa shape index (κ2) is 4.75. The van der Waals surface area contributed by atoms with Crippen LogP contribution in [0.4, 0.5) is 0 Å². The zero-order valence-corrected chi connectivity index (χ0v) is 7.60. The van der Waals surface area contributed by atoms with Crippen molar-refractivity contribution in [3.63, 3.8) is 0 Å². The van der Waals surface area contributed by atoms with Gasteiger partial charge in [-0.15, -0.1) is 4.40 Å². The molecule has 12 heavy (non-hydrogen) atoms. The summed E-state index contributed by atoms with van der Waals surface area (Å²) in [5.41, 5.74) is 2.41. The Kier molecular flexibility index (Phi) is 3.58. The quantitative estimate of drug-likeness (QED) is 0.405. The summed E-state index contributed by atoms with van der Waals surface area (Å²) in [5, 5.41) is 0. The number of nitrogens with zero attached hydrogens (tertiary/aromatic N) is 1. The number of aryl methyl sites for hydroxylation is 1. The Morgan fingerprint density at radius 2 is 2.08 bits per heavy atom. The van der Waals surface area contributed by atoms with Gasteiger partial charge in [0.15, 0.2) is 0 Å². The van der Waals surface area contributed by atoms with E-state index in [1.54, 1.807) is 0 Å². The topological polar surface area (TPSA) is 29.4 Å². The molecule has 3 heteroatoms. The second-order valence-electron chi connectivity index (χ2n) is 2.44. The van der Waals surface area contributed by atoms with E-state index in [-0.39, 0.29) is 0 Å². The monoisotopic (exact) mass is 179 g/mol. The first-order chi connectivity index (χ1) is 5.83. The third-order valence-electron chi connectivity index (χ3n) is 1.45. The predicted octanol–water partition coefficient (Wildman–Crippen LogP) is 2.48. The Labute approximate surface area is 75.8 Å². The fraction of sp³-hybridized carbons (Fsp3) is 0.222. The smallest absolute Gasteiger partial charge is 0.210 e. The molecule has 0 spiro atoms. The van der Waals surface area contributed by atoms with Crippen LogP contribution in [-0.4, -0.2) is 6.08 Å². The number of carbonyl (C=O) groups excluding carboxylic acids is 1. The number of benzene rings is 1. The minimum absolute atomic E-state index is 0.732. The Bertz CT molecular complexity index is 288. The molecule has 62 valence electrons. The van der Waals surface area contributed by atoms with Crippen molar-refractivity contribution in [3.05, 3.63) is 35.4 Å². The molecule has 0 unspecified atom stereocenters. The van der Waals surface area contributed by atoms with Gasteiger partial charge in [0.1, 0.15) is 0 Å². The van der Waals surface area contributed by atoms with Crippen molar-refractivity contribution >= 4 is 18.0 Å². The third kappa shape index (κ3) is 2.91. The molecule has 0 aliphatic heterocycles. The van der Waals surface area contributed by atoms with Crippen LogP contribution in [0.1, 0.15) is 11.1 Å². The average Bonchev–Trinajstić information content (AvgIpc) is 2.09. The molecule has 0 atom stereocenters. The van der Waals surface area contributed by atoms with Crippen LogP contribution in [0.15, 0.2) is 28.7 Å². The Hall–Kier alpha value is -1.05. The first-order valence-electron chi connectivity index (χ1n) is 3.57. The van der Waals surface area contributed by atoms with Gasteiger partial charge in [-0.3, -0.25) is 0 Å². The van der Waals surface area contributed by atoms with E-state index < -0.39 is 0 Å². The van der Waals surface area contributed by atoms with Gasteiger partial charge in [-0.05, 0) is 24.4 Å². The molecular weight excluding hydrogens is 170 g/mol. The van der Waals surface area contributed by atoms with E-state index in [4.69, 9.17) is 0 Å². The Balaban J connectivity index is 2.53. The van der Waals surface area contributed by atoms with Gasteiger partial charge in [0.05, 0.1) is 0 Å². The summed E-state index contributed by atoms with van der Waals surface area (Å²) in [6.45, 7) is 2.04. The molecule has 0 amide bonds. The highest BCUT2D eigenvalue weighted by Gasteiger charge is 1.90. The van der Waals surface area contributed by atoms with Gasteiger partial charge in [0, 0.05) is 5.75 Å². The van der Waals surface area contributed by atoms with E-state index in [0.717, 1.165) is 5.75 Å². The molecule has 0 heterocycles. The number of hydrogen-bond donors (Lipinski definition) is 0. The molecule has 2 nitrogen and oxygen atoms in total. The van der Waals surface area contributed by atoms with Crippen molar-refractivity contribution in [2.24, 2.45) is 4.40 Å². The summed E-state index contributed by atoms with van der Waals surface area (Å²) in [5.74, 6) is 0.732.